The Labute approximate surface area is 122 Å². The molecule has 1 amide bonds. The Morgan fingerprint density at radius 1 is 1.32 bits per heavy atom. The lowest BCUT2D eigenvalue weighted by Gasteiger charge is -2.33. The Morgan fingerprint density at radius 2 is 1.95 bits per heavy atom. The summed E-state index contributed by atoms with van der Waals surface area (Å²) in [6, 6.07) is 4.86. The molecule has 0 aromatic heterocycles. The highest BCUT2D eigenvalue weighted by Crippen LogP contribution is 2.28. The lowest BCUT2D eigenvalue weighted by Crippen LogP contribution is -2.39. The average Bonchev–Trinajstić information content (AvgIpc) is 2.41. The van der Waals surface area contributed by atoms with Crippen molar-refractivity contribution in [2.75, 3.05) is 7.05 Å². The van der Waals surface area contributed by atoms with Gasteiger partial charge in [-0.25, -0.2) is 4.39 Å². The van der Waals surface area contributed by atoms with Gasteiger partial charge in [0.2, 0.25) is 0 Å². The lowest BCUT2D eigenvalue weighted by atomic mass is 9.86. The van der Waals surface area contributed by atoms with Gasteiger partial charge in [0.1, 0.15) is 5.82 Å². The van der Waals surface area contributed by atoms with Gasteiger partial charge < -0.3 is 4.90 Å². The van der Waals surface area contributed by atoms with E-state index >= 15 is 0 Å². The Balaban J connectivity index is 2.13. The standard InChI is InChI=1S/C15H19BrFNO/c1-10-6-8-11(9-7-10)18(2)15(19)12-4-3-5-13(17)14(12)16/h3-5,10-11H,6-9H2,1-2H3. The molecule has 2 nitrogen and oxygen atoms in total. The molecular formula is C15H19BrFNO. The molecule has 4 heteroatoms. The van der Waals surface area contributed by atoms with Gasteiger partial charge in [0.15, 0.2) is 0 Å². The quantitative estimate of drug-likeness (QED) is 0.795. The van der Waals surface area contributed by atoms with Crippen LogP contribution in [0, 0.1) is 11.7 Å². The van der Waals surface area contributed by atoms with E-state index in [1.54, 1.807) is 17.0 Å². The molecule has 2 rings (SSSR count). The molecule has 1 aromatic carbocycles. The number of nitrogens with zero attached hydrogens (tertiary/aromatic N) is 1. The average molecular weight is 328 g/mol. The third kappa shape index (κ3) is 3.16. The first-order valence-electron chi connectivity index (χ1n) is 6.72. The van der Waals surface area contributed by atoms with E-state index in [1.165, 1.54) is 6.07 Å². The molecule has 1 fully saturated rings. The Hall–Kier alpha value is -0.900. The van der Waals surface area contributed by atoms with Crippen LogP contribution >= 0.6 is 15.9 Å². The van der Waals surface area contributed by atoms with E-state index in [2.05, 4.69) is 22.9 Å². The van der Waals surface area contributed by atoms with Crippen molar-refractivity contribution in [1.82, 2.24) is 4.90 Å². The summed E-state index contributed by atoms with van der Waals surface area (Å²) in [5.74, 6) is 0.253. The van der Waals surface area contributed by atoms with Crippen LogP contribution in [0.2, 0.25) is 0 Å². The van der Waals surface area contributed by atoms with E-state index in [-0.39, 0.29) is 16.4 Å². The van der Waals surface area contributed by atoms with E-state index in [1.807, 2.05) is 7.05 Å². The van der Waals surface area contributed by atoms with Crippen molar-refractivity contribution in [3.8, 4) is 0 Å². The van der Waals surface area contributed by atoms with Crippen molar-refractivity contribution in [2.45, 2.75) is 38.6 Å². The highest BCUT2D eigenvalue weighted by Gasteiger charge is 2.26. The normalized spacial score (nSPS) is 23.2. The largest absolute Gasteiger partial charge is 0.339 e. The Kier molecular flexibility index (Phi) is 4.61. The van der Waals surface area contributed by atoms with Gasteiger partial charge in [-0.1, -0.05) is 13.0 Å². The fraction of sp³-hybridized carbons (Fsp3) is 0.533. The predicted octanol–water partition coefficient (Wildman–Crippen LogP) is 4.24. The number of halogens is 2. The molecule has 0 unspecified atom stereocenters. The smallest absolute Gasteiger partial charge is 0.255 e. The zero-order chi connectivity index (χ0) is 14.0. The Bertz CT molecular complexity index is 469. The number of benzene rings is 1. The second-order valence-corrected chi connectivity index (χ2v) is 6.22. The lowest BCUT2D eigenvalue weighted by molar-refractivity contribution is 0.0678. The van der Waals surface area contributed by atoms with Crippen LogP contribution in [0.3, 0.4) is 0 Å². The zero-order valence-corrected chi connectivity index (χ0v) is 12.9. The van der Waals surface area contributed by atoms with Crippen LogP contribution in [0.1, 0.15) is 43.0 Å². The molecule has 1 saturated carbocycles. The van der Waals surface area contributed by atoms with E-state index in [0.29, 0.717) is 5.56 Å². The second kappa shape index (κ2) is 6.04. The fourth-order valence-corrected chi connectivity index (χ4v) is 3.09. The molecule has 0 heterocycles. The summed E-state index contributed by atoms with van der Waals surface area (Å²) < 4.78 is 13.7. The molecular weight excluding hydrogens is 309 g/mol. The van der Waals surface area contributed by atoms with Gasteiger partial charge >= 0.3 is 0 Å². The Morgan fingerprint density at radius 3 is 2.58 bits per heavy atom. The van der Waals surface area contributed by atoms with Gasteiger partial charge in [-0.05, 0) is 59.7 Å². The number of hydrogen-bond acceptors (Lipinski definition) is 1. The van der Waals surface area contributed by atoms with Crippen LogP contribution in [0.4, 0.5) is 4.39 Å². The summed E-state index contributed by atoms with van der Waals surface area (Å²) in [4.78, 5) is 14.2. The van der Waals surface area contributed by atoms with Crippen LogP contribution in [-0.2, 0) is 0 Å². The minimum absolute atomic E-state index is 0.106. The molecule has 104 valence electrons. The van der Waals surface area contributed by atoms with Gasteiger partial charge in [-0.2, -0.15) is 0 Å². The summed E-state index contributed by atoms with van der Waals surface area (Å²) in [7, 11) is 1.82. The maximum absolute atomic E-state index is 13.5. The van der Waals surface area contributed by atoms with E-state index in [4.69, 9.17) is 0 Å². The summed E-state index contributed by atoms with van der Waals surface area (Å²) in [5.41, 5.74) is 0.404. The summed E-state index contributed by atoms with van der Waals surface area (Å²) in [6.45, 7) is 2.25. The van der Waals surface area contributed by atoms with Crippen molar-refractivity contribution in [2.24, 2.45) is 5.92 Å². The molecule has 0 radical (unpaired) electrons. The molecule has 1 aromatic rings. The molecule has 1 aliphatic rings. The van der Waals surface area contributed by atoms with Crippen LogP contribution < -0.4 is 0 Å². The van der Waals surface area contributed by atoms with Crippen molar-refractivity contribution < 1.29 is 9.18 Å². The second-order valence-electron chi connectivity index (χ2n) is 5.43. The fourth-order valence-electron chi connectivity index (χ4n) is 2.65. The molecule has 0 aliphatic heterocycles. The topological polar surface area (TPSA) is 20.3 Å². The van der Waals surface area contributed by atoms with Crippen LogP contribution in [0.25, 0.3) is 0 Å². The van der Waals surface area contributed by atoms with Crippen LogP contribution in [0.5, 0.6) is 0 Å². The summed E-state index contributed by atoms with van der Waals surface area (Å²) >= 11 is 3.16. The monoisotopic (exact) mass is 327 g/mol. The molecule has 0 saturated heterocycles. The molecule has 0 atom stereocenters. The van der Waals surface area contributed by atoms with Gasteiger partial charge in [0, 0.05) is 13.1 Å². The number of carbonyl (C=O) groups is 1. The van der Waals surface area contributed by atoms with E-state index in [0.717, 1.165) is 31.6 Å². The zero-order valence-electron chi connectivity index (χ0n) is 11.3. The van der Waals surface area contributed by atoms with Crippen LogP contribution in [-0.4, -0.2) is 23.9 Å². The van der Waals surface area contributed by atoms with Gasteiger partial charge in [0.05, 0.1) is 10.0 Å². The van der Waals surface area contributed by atoms with Crippen molar-refractivity contribution in [3.63, 3.8) is 0 Å². The van der Waals surface area contributed by atoms with E-state index < -0.39 is 5.82 Å². The highest BCUT2D eigenvalue weighted by atomic mass is 79.9. The summed E-state index contributed by atoms with van der Waals surface area (Å²) in [5, 5.41) is 0. The number of carbonyl (C=O) groups excluding carboxylic acids is 1. The molecule has 0 N–H and O–H groups in total. The predicted molar refractivity (Wildman–Crippen MR) is 77.6 cm³/mol. The molecule has 19 heavy (non-hydrogen) atoms. The number of hydrogen-bond donors (Lipinski definition) is 0. The maximum atomic E-state index is 13.5. The molecule has 1 aliphatic carbocycles. The van der Waals surface area contributed by atoms with Gasteiger partial charge in [-0.15, -0.1) is 0 Å². The first kappa shape index (κ1) is 14.5. The van der Waals surface area contributed by atoms with Crippen LogP contribution in [0.15, 0.2) is 22.7 Å². The van der Waals surface area contributed by atoms with Crippen molar-refractivity contribution >= 4 is 21.8 Å². The third-order valence-electron chi connectivity index (χ3n) is 4.04. The number of amides is 1. The molecule has 0 bridgehead atoms. The minimum Gasteiger partial charge on any atom is -0.339 e. The van der Waals surface area contributed by atoms with Gasteiger partial charge in [0.25, 0.3) is 5.91 Å². The van der Waals surface area contributed by atoms with E-state index in [9.17, 15) is 9.18 Å². The SMILES string of the molecule is CC1CCC(N(C)C(=O)c2cccc(F)c2Br)CC1. The first-order valence-corrected chi connectivity index (χ1v) is 7.51. The number of rotatable bonds is 2. The first-order chi connectivity index (χ1) is 9.00. The maximum Gasteiger partial charge on any atom is 0.255 e. The summed E-state index contributed by atoms with van der Waals surface area (Å²) in [6.07, 6.45) is 4.39. The molecule has 0 spiro atoms. The van der Waals surface area contributed by atoms with Gasteiger partial charge in [-0.3, -0.25) is 4.79 Å². The third-order valence-corrected chi connectivity index (χ3v) is 4.84. The van der Waals surface area contributed by atoms with Crippen molar-refractivity contribution in [3.05, 3.63) is 34.1 Å². The van der Waals surface area contributed by atoms with Crippen molar-refractivity contribution in [1.29, 1.82) is 0 Å². The minimum atomic E-state index is -0.392. The highest BCUT2D eigenvalue weighted by molar-refractivity contribution is 9.10.